The van der Waals surface area contributed by atoms with Gasteiger partial charge < -0.3 is 15.7 Å². The average Bonchev–Trinajstić information content (AvgIpc) is 2.90. The van der Waals surface area contributed by atoms with Gasteiger partial charge in [-0.1, -0.05) is 54.1 Å². The Morgan fingerprint density at radius 1 is 0.694 bits per heavy atom. The van der Waals surface area contributed by atoms with E-state index in [9.17, 15) is 19.5 Å². The molecule has 0 fully saturated rings. The van der Waals surface area contributed by atoms with Gasteiger partial charge in [-0.15, -0.1) is 11.8 Å². The summed E-state index contributed by atoms with van der Waals surface area (Å²) in [6, 6.07) is 29.4. The Labute approximate surface area is 217 Å². The van der Waals surface area contributed by atoms with E-state index < -0.39 is 17.1 Å². The summed E-state index contributed by atoms with van der Waals surface area (Å²) in [6.07, 6.45) is 0. The number of carbonyl (C=O) groups excluding carboxylic acids is 2. The van der Waals surface area contributed by atoms with E-state index in [4.69, 9.17) is 11.6 Å². The van der Waals surface area contributed by atoms with Crippen LogP contribution in [-0.4, -0.2) is 22.9 Å². The lowest BCUT2D eigenvalue weighted by Gasteiger charge is -2.17. The molecule has 0 saturated heterocycles. The first-order chi connectivity index (χ1) is 17.4. The SMILES string of the molecule is O=C(O)c1ccccc1C(=O)Nc1ccc(SC(C(=O)Nc2ccc(Cl)cc2)c2ccccc2)cc1. The van der Waals surface area contributed by atoms with Gasteiger partial charge in [0, 0.05) is 21.3 Å². The van der Waals surface area contributed by atoms with Crippen LogP contribution >= 0.6 is 23.4 Å². The van der Waals surface area contributed by atoms with Crippen molar-refractivity contribution in [2.45, 2.75) is 10.1 Å². The van der Waals surface area contributed by atoms with Crippen LogP contribution in [0.15, 0.2) is 108 Å². The third-order valence-electron chi connectivity index (χ3n) is 5.22. The Morgan fingerprint density at radius 3 is 1.89 bits per heavy atom. The van der Waals surface area contributed by atoms with Gasteiger partial charge in [0.25, 0.3) is 5.91 Å². The quantitative estimate of drug-likeness (QED) is 0.225. The molecule has 6 nitrogen and oxygen atoms in total. The second-order valence-electron chi connectivity index (χ2n) is 7.73. The molecule has 0 aliphatic heterocycles. The number of thioether (sulfide) groups is 1. The van der Waals surface area contributed by atoms with Gasteiger partial charge in [0.15, 0.2) is 0 Å². The molecule has 36 heavy (non-hydrogen) atoms. The van der Waals surface area contributed by atoms with Crippen molar-refractivity contribution in [1.29, 1.82) is 0 Å². The number of halogens is 1. The lowest BCUT2D eigenvalue weighted by molar-refractivity contribution is -0.115. The summed E-state index contributed by atoms with van der Waals surface area (Å²) < 4.78 is 0. The van der Waals surface area contributed by atoms with Crippen LogP contribution < -0.4 is 10.6 Å². The van der Waals surface area contributed by atoms with Crippen molar-refractivity contribution in [2.24, 2.45) is 0 Å². The highest BCUT2D eigenvalue weighted by Gasteiger charge is 2.22. The molecule has 0 aliphatic carbocycles. The summed E-state index contributed by atoms with van der Waals surface area (Å²) >= 11 is 7.32. The molecule has 1 unspecified atom stereocenters. The van der Waals surface area contributed by atoms with Crippen molar-refractivity contribution in [1.82, 2.24) is 0 Å². The van der Waals surface area contributed by atoms with Crippen LogP contribution in [0.3, 0.4) is 0 Å². The molecule has 2 amide bonds. The first kappa shape index (κ1) is 25.0. The maximum Gasteiger partial charge on any atom is 0.336 e. The second-order valence-corrected chi connectivity index (χ2v) is 9.35. The summed E-state index contributed by atoms with van der Waals surface area (Å²) in [4.78, 5) is 38.0. The van der Waals surface area contributed by atoms with Gasteiger partial charge in [0.2, 0.25) is 5.91 Å². The van der Waals surface area contributed by atoms with Crippen molar-refractivity contribution in [3.8, 4) is 0 Å². The molecule has 8 heteroatoms. The monoisotopic (exact) mass is 516 g/mol. The third-order valence-corrected chi connectivity index (χ3v) is 6.74. The summed E-state index contributed by atoms with van der Waals surface area (Å²) in [5, 5.41) is 15.0. The van der Waals surface area contributed by atoms with Crippen LogP contribution in [0, 0.1) is 0 Å². The fourth-order valence-corrected chi connectivity index (χ4v) is 4.61. The van der Waals surface area contributed by atoms with E-state index in [0.29, 0.717) is 16.4 Å². The van der Waals surface area contributed by atoms with Crippen LogP contribution in [0.5, 0.6) is 0 Å². The van der Waals surface area contributed by atoms with Crippen molar-refractivity contribution in [3.63, 3.8) is 0 Å². The molecule has 4 aromatic carbocycles. The first-order valence-electron chi connectivity index (χ1n) is 10.9. The van der Waals surface area contributed by atoms with Gasteiger partial charge in [0.1, 0.15) is 5.25 Å². The molecule has 0 heterocycles. The van der Waals surface area contributed by atoms with Crippen LogP contribution in [0.1, 0.15) is 31.5 Å². The molecule has 4 aromatic rings. The molecule has 1 atom stereocenters. The number of anilines is 2. The lowest BCUT2D eigenvalue weighted by atomic mass is 10.1. The molecule has 180 valence electrons. The van der Waals surface area contributed by atoms with Gasteiger partial charge in [0.05, 0.1) is 11.1 Å². The average molecular weight is 517 g/mol. The molecular weight excluding hydrogens is 496 g/mol. The number of benzene rings is 4. The van der Waals surface area contributed by atoms with Crippen LogP contribution in [0.4, 0.5) is 11.4 Å². The Kier molecular flexibility index (Phi) is 8.05. The first-order valence-corrected chi connectivity index (χ1v) is 12.2. The Bertz CT molecular complexity index is 1380. The highest BCUT2D eigenvalue weighted by Crippen LogP contribution is 2.37. The molecule has 0 aromatic heterocycles. The summed E-state index contributed by atoms with van der Waals surface area (Å²) in [6.45, 7) is 0. The summed E-state index contributed by atoms with van der Waals surface area (Å²) in [7, 11) is 0. The number of hydrogen-bond acceptors (Lipinski definition) is 4. The van der Waals surface area contributed by atoms with Gasteiger partial charge >= 0.3 is 5.97 Å². The third kappa shape index (κ3) is 6.33. The maximum atomic E-state index is 13.2. The van der Waals surface area contributed by atoms with Crippen molar-refractivity contribution in [3.05, 3.63) is 125 Å². The van der Waals surface area contributed by atoms with Crippen LogP contribution in [0.25, 0.3) is 0 Å². The second kappa shape index (κ2) is 11.6. The highest BCUT2D eigenvalue weighted by molar-refractivity contribution is 8.00. The predicted octanol–water partition coefficient (Wildman–Crippen LogP) is 6.76. The predicted molar refractivity (Wildman–Crippen MR) is 143 cm³/mol. The van der Waals surface area contributed by atoms with E-state index in [0.717, 1.165) is 10.5 Å². The van der Waals surface area contributed by atoms with Gasteiger partial charge in [-0.25, -0.2) is 4.79 Å². The molecule has 0 aliphatic rings. The fourth-order valence-electron chi connectivity index (χ4n) is 3.46. The fraction of sp³-hybridized carbons (Fsp3) is 0.0357. The van der Waals surface area contributed by atoms with Crippen LogP contribution in [-0.2, 0) is 4.79 Å². The minimum Gasteiger partial charge on any atom is -0.478 e. The lowest BCUT2D eigenvalue weighted by Crippen LogP contribution is -2.19. The number of aromatic carboxylic acids is 1. The Morgan fingerprint density at radius 2 is 1.25 bits per heavy atom. The van der Waals surface area contributed by atoms with Crippen molar-refractivity contribution < 1.29 is 19.5 Å². The number of carbonyl (C=O) groups is 3. The summed E-state index contributed by atoms with van der Waals surface area (Å²) in [5.74, 6) is -1.87. The van der Waals surface area contributed by atoms with E-state index in [-0.39, 0.29) is 17.0 Å². The smallest absolute Gasteiger partial charge is 0.336 e. The maximum absolute atomic E-state index is 13.2. The molecule has 0 bridgehead atoms. The number of carboxylic acid groups (broad SMARTS) is 1. The van der Waals surface area contributed by atoms with E-state index in [1.54, 1.807) is 60.7 Å². The number of rotatable bonds is 8. The van der Waals surface area contributed by atoms with E-state index >= 15 is 0 Å². The largest absolute Gasteiger partial charge is 0.478 e. The molecular formula is C28H21ClN2O4S. The number of amides is 2. The molecule has 4 rings (SSSR count). The normalized spacial score (nSPS) is 11.4. The van der Waals surface area contributed by atoms with E-state index in [1.165, 1.54) is 23.9 Å². The Balaban J connectivity index is 1.49. The van der Waals surface area contributed by atoms with Crippen molar-refractivity contribution >= 4 is 52.5 Å². The molecule has 0 spiro atoms. The summed E-state index contributed by atoms with van der Waals surface area (Å²) in [5.41, 5.74) is 2.00. The van der Waals surface area contributed by atoms with Crippen molar-refractivity contribution in [2.75, 3.05) is 10.6 Å². The highest BCUT2D eigenvalue weighted by atomic mass is 35.5. The zero-order chi connectivity index (χ0) is 25.5. The zero-order valence-electron chi connectivity index (χ0n) is 18.9. The minimum absolute atomic E-state index is 0.0698. The van der Waals surface area contributed by atoms with E-state index in [1.807, 2.05) is 30.3 Å². The number of hydrogen-bond donors (Lipinski definition) is 3. The molecule has 3 N–H and O–H groups in total. The van der Waals surface area contributed by atoms with Gasteiger partial charge in [-0.3, -0.25) is 9.59 Å². The molecule has 0 saturated carbocycles. The standard InChI is InChI=1S/C28H21ClN2O4S/c29-19-10-12-20(13-11-19)31-27(33)25(18-6-2-1-3-7-18)36-22-16-14-21(15-17-22)30-26(32)23-8-4-5-9-24(23)28(34)35/h1-17,25H,(H,30,32)(H,31,33)(H,34,35). The van der Waals surface area contributed by atoms with E-state index in [2.05, 4.69) is 10.6 Å². The number of nitrogens with one attached hydrogen (secondary N) is 2. The number of carboxylic acids is 1. The minimum atomic E-state index is -1.17. The molecule has 0 radical (unpaired) electrons. The zero-order valence-corrected chi connectivity index (χ0v) is 20.4. The van der Waals surface area contributed by atoms with Gasteiger partial charge in [-0.05, 0) is 66.2 Å². The Hall–Kier alpha value is -4.07. The van der Waals surface area contributed by atoms with Crippen LogP contribution in [0.2, 0.25) is 5.02 Å². The van der Waals surface area contributed by atoms with Gasteiger partial charge in [-0.2, -0.15) is 0 Å². The topological polar surface area (TPSA) is 95.5 Å².